The molecule has 21 heavy (non-hydrogen) atoms. The molecule has 2 N–H and O–H groups in total. The highest BCUT2D eigenvalue weighted by Crippen LogP contribution is 2.28. The van der Waals surface area contributed by atoms with Gasteiger partial charge in [0.15, 0.2) is 0 Å². The Morgan fingerprint density at radius 3 is 2.90 bits per heavy atom. The third kappa shape index (κ3) is 2.97. The zero-order valence-corrected chi connectivity index (χ0v) is 11.8. The van der Waals surface area contributed by atoms with E-state index >= 15 is 0 Å². The van der Waals surface area contributed by atoms with Gasteiger partial charge in [-0.15, -0.1) is 0 Å². The molecular weight excluding hydrogens is 266 g/mol. The fourth-order valence-electron chi connectivity index (χ4n) is 2.95. The number of aromatic nitrogens is 2. The lowest BCUT2D eigenvalue weighted by Crippen LogP contribution is -2.36. The number of aliphatic hydroxyl groups excluding tert-OH is 1. The molecule has 0 saturated carbocycles. The second kappa shape index (κ2) is 6.10. The Kier molecular flexibility index (Phi) is 4.01. The van der Waals surface area contributed by atoms with Crippen molar-refractivity contribution in [1.82, 2.24) is 15.1 Å². The van der Waals surface area contributed by atoms with E-state index in [4.69, 9.17) is 0 Å². The molecule has 0 radical (unpaired) electrons. The molecule has 1 saturated heterocycles. The van der Waals surface area contributed by atoms with Crippen molar-refractivity contribution in [3.05, 3.63) is 53.9 Å². The molecule has 0 spiro atoms. The number of hydrogen-bond acceptors (Lipinski definition) is 3. The van der Waals surface area contributed by atoms with E-state index in [1.165, 1.54) is 0 Å². The maximum absolute atomic E-state index is 12.4. The summed E-state index contributed by atoms with van der Waals surface area (Å²) in [6.07, 6.45) is 3.53. The number of H-pyrrole nitrogens is 1. The number of aliphatic hydroxyl groups is 1. The monoisotopic (exact) mass is 285 g/mol. The standard InChI is InChI=1S/C16H19N3O2/c20-15(12-5-2-1-3-6-12)11-13-7-4-10-19(13)16(21)14-8-9-17-18-14/h1-3,5-6,8-9,13,15,20H,4,7,10-11H2,(H,17,18). The van der Waals surface area contributed by atoms with Crippen LogP contribution < -0.4 is 0 Å². The number of rotatable bonds is 4. The topological polar surface area (TPSA) is 69.2 Å². The van der Waals surface area contributed by atoms with Gasteiger partial charge < -0.3 is 10.0 Å². The Morgan fingerprint density at radius 1 is 1.38 bits per heavy atom. The minimum atomic E-state index is -0.536. The third-order valence-electron chi connectivity index (χ3n) is 4.05. The van der Waals surface area contributed by atoms with Crippen LogP contribution in [0.5, 0.6) is 0 Å². The summed E-state index contributed by atoms with van der Waals surface area (Å²) in [4.78, 5) is 14.3. The summed E-state index contributed by atoms with van der Waals surface area (Å²) in [5, 5.41) is 16.9. The van der Waals surface area contributed by atoms with Crippen LogP contribution >= 0.6 is 0 Å². The van der Waals surface area contributed by atoms with Crippen LogP contribution in [0.1, 0.15) is 41.4 Å². The normalized spacial score (nSPS) is 19.7. The molecule has 5 heteroatoms. The first-order chi connectivity index (χ1) is 10.3. The second-order valence-electron chi connectivity index (χ2n) is 5.43. The van der Waals surface area contributed by atoms with E-state index in [0.29, 0.717) is 12.1 Å². The molecule has 1 amide bonds. The predicted molar refractivity (Wildman–Crippen MR) is 78.7 cm³/mol. The minimum Gasteiger partial charge on any atom is -0.388 e. The van der Waals surface area contributed by atoms with Gasteiger partial charge in [-0.1, -0.05) is 30.3 Å². The maximum Gasteiger partial charge on any atom is 0.272 e. The summed E-state index contributed by atoms with van der Waals surface area (Å²) < 4.78 is 0. The Balaban J connectivity index is 1.68. The number of amides is 1. The fourth-order valence-corrected chi connectivity index (χ4v) is 2.95. The molecule has 3 rings (SSSR count). The van der Waals surface area contributed by atoms with E-state index in [1.54, 1.807) is 12.3 Å². The first-order valence-electron chi connectivity index (χ1n) is 7.29. The van der Waals surface area contributed by atoms with Crippen LogP contribution in [0.3, 0.4) is 0 Å². The molecule has 1 fully saturated rings. The molecule has 0 bridgehead atoms. The summed E-state index contributed by atoms with van der Waals surface area (Å²) in [5.41, 5.74) is 1.41. The second-order valence-corrected chi connectivity index (χ2v) is 5.43. The number of nitrogens with one attached hydrogen (secondary N) is 1. The quantitative estimate of drug-likeness (QED) is 0.904. The molecule has 2 atom stereocenters. The van der Waals surface area contributed by atoms with Gasteiger partial charge in [0.1, 0.15) is 5.69 Å². The Hall–Kier alpha value is -2.14. The Bertz CT molecular complexity index is 583. The van der Waals surface area contributed by atoms with Crippen LogP contribution in [-0.2, 0) is 0 Å². The zero-order valence-electron chi connectivity index (χ0n) is 11.8. The van der Waals surface area contributed by atoms with Crippen LogP contribution in [-0.4, -0.2) is 38.7 Å². The molecule has 1 aromatic heterocycles. The van der Waals surface area contributed by atoms with Crippen molar-refractivity contribution in [2.24, 2.45) is 0 Å². The molecule has 2 heterocycles. The predicted octanol–water partition coefficient (Wildman–Crippen LogP) is 2.14. The fraction of sp³-hybridized carbons (Fsp3) is 0.375. The van der Waals surface area contributed by atoms with E-state index in [1.807, 2.05) is 35.2 Å². The largest absolute Gasteiger partial charge is 0.388 e. The lowest BCUT2D eigenvalue weighted by Gasteiger charge is -2.26. The van der Waals surface area contributed by atoms with Gasteiger partial charge in [-0.2, -0.15) is 5.10 Å². The molecule has 1 aromatic carbocycles. The van der Waals surface area contributed by atoms with Crippen molar-refractivity contribution >= 4 is 5.91 Å². The van der Waals surface area contributed by atoms with E-state index in [9.17, 15) is 9.90 Å². The van der Waals surface area contributed by atoms with Crippen molar-refractivity contribution in [1.29, 1.82) is 0 Å². The van der Waals surface area contributed by atoms with Gasteiger partial charge in [-0.3, -0.25) is 9.89 Å². The summed E-state index contributed by atoms with van der Waals surface area (Å²) in [6.45, 7) is 0.740. The SMILES string of the molecule is O=C(c1ccn[nH]1)N1CCCC1CC(O)c1ccccc1. The molecule has 2 unspecified atom stereocenters. The Labute approximate surface area is 123 Å². The molecule has 5 nitrogen and oxygen atoms in total. The smallest absolute Gasteiger partial charge is 0.272 e. The minimum absolute atomic E-state index is 0.0322. The van der Waals surface area contributed by atoms with Gasteiger partial charge in [-0.25, -0.2) is 0 Å². The van der Waals surface area contributed by atoms with Crippen LogP contribution in [0, 0.1) is 0 Å². The van der Waals surface area contributed by atoms with Crippen LogP contribution in [0.15, 0.2) is 42.6 Å². The van der Waals surface area contributed by atoms with Gasteiger partial charge in [0, 0.05) is 18.8 Å². The van der Waals surface area contributed by atoms with E-state index in [0.717, 1.165) is 24.9 Å². The number of aromatic amines is 1. The number of likely N-dealkylation sites (tertiary alicyclic amines) is 1. The summed E-state index contributed by atoms with van der Waals surface area (Å²) in [5.74, 6) is -0.0322. The highest BCUT2D eigenvalue weighted by atomic mass is 16.3. The van der Waals surface area contributed by atoms with Crippen molar-refractivity contribution in [2.75, 3.05) is 6.54 Å². The molecule has 2 aromatic rings. The number of carbonyl (C=O) groups is 1. The van der Waals surface area contributed by atoms with E-state index in [-0.39, 0.29) is 11.9 Å². The number of hydrogen-bond donors (Lipinski definition) is 2. The summed E-state index contributed by atoms with van der Waals surface area (Å²) >= 11 is 0. The van der Waals surface area contributed by atoms with Gasteiger partial charge in [0.25, 0.3) is 5.91 Å². The van der Waals surface area contributed by atoms with Crippen molar-refractivity contribution in [2.45, 2.75) is 31.4 Å². The first kappa shape index (κ1) is 13.8. The lowest BCUT2D eigenvalue weighted by atomic mass is 10.0. The summed E-state index contributed by atoms with van der Waals surface area (Å²) in [7, 11) is 0. The van der Waals surface area contributed by atoms with Crippen LogP contribution in [0.2, 0.25) is 0 Å². The van der Waals surface area contributed by atoms with E-state index in [2.05, 4.69) is 10.2 Å². The highest BCUT2D eigenvalue weighted by Gasteiger charge is 2.31. The maximum atomic E-state index is 12.4. The van der Waals surface area contributed by atoms with E-state index < -0.39 is 6.10 Å². The van der Waals surface area contributed by atoms with Gasteiger partial charge in [0.2, 0.25) is 0 Å². The highest BCUT2D eigenvalue weighted by molar-refractivity contribution is 5.92. The number of benzene rings is 1. The lowest BCUT2D eigenvalue weighted by molar-refractivity contribution is 0.0661. The molecule has 110 valence electrons. The van der Waals surface area contributed by atoms with Gasteiger partial charge >= 0.3 is 0 Å². The molecule has 0 aliphatic carbocycles. The molecule has 1 aliphatic rings. The van der Waals surface area contributed by atoms with Gasteiger partial charge in [-0.05, 0) is 30.9 Å². The summed E-state index contributed by atoms with van der Waals surface area (Å²) in [6, 6.07) is 11.4. The number of nitrogens with zero attached hydrogens (tertiary/aromatic N) is 2. The zero-order chi connectivity index (χ0) is 14.7. The number of carbonyl (C=O) groups excluding carboxylic acids is 1. The Morgan fingerprint density at radius 2 is 2.19 bits per heavy atom. The van der Waals surface area contributed by atoms with Crippen molar-refractivity contribution in [3.8, 4) is 0 Å². The molecule has 1 aliphatic heterocycles. The first-order valence-corrected chi connectivity index (χ1v) is 7.29. The average Bonchev–Trinajstić information content (AvgIpc) is 3.19. The third-order valence-corrected chi connectivity index (χ3v) is 4.05. The van der Waals surface area contributed by atoms with Crippen LogP contribution in [0.4, 0.5) is 0 Å². The van der Waals surface area contributed by atoms with Crippen molar-refractivity contribution in [3.63, 3.8) is 0 Å². The van der Waals surface area contributed by atoms with Crippen LogP contribution in [0.25, 0.3) is 0 Å². The van der Waals surface area contributed by atoms with Crippen molar-refractivity contribution < 1.29 is 9.90 Å². The van der Waals surface area contributed by atoms with Gasteiger partial charge in [0.05, 0.1) is 6.10 Å². The molecular formula is C16H19N3O2. The average molecular weight is 285 g/mol.